The lowest BCUT2D eigenvalue weighted by molar-refractivity contribution is -0.143. The normalized spacial score (nSPS) is 22.2. The van der Waals surface area contributed by atoms with Crippen molar-refractivity contribution in [3.8, 4) is 0 Å². The second-order valence-electron chi connectivity index (χ2n) is 4.68. The molecule has 17 heavy (non-hydrogen) atoms. The lowest BCUT2D eigenvalue weighted by Crippen LogP contribution is -2.56. The number of piperazine rings is 1. The first kappa shape index (κ1) is 14.0. The highest BCUT2D eigenvalue weighted by Gasteiger charge is 2.31. The zero-order valence-corrected chi connectivity index (χ0v) is 10.7. The van der Waals surface area contributed by atoms with E-state index in [4.69, 9.17) is 5.73 Å². The highest BCUT2D eigenvalue weighted by molar-refractivity contribution is 5.88. The van der Waals surface area contributed by atoms with Gasteiger partial charge in [0.25, 0.3) is 0 Å². The Balaban J connectivity index is 2.51. The van der Waals surface area contributed by atoms with E-state index in [0.29, 0.717) is 38.4 Å². The standard InChI is InChI=1S/C12H23N3O2/c1-3-10-12(17)14-6-7-15(10)11(16)5-4-9(2)8-13/h9-10H,3-8,13H2,1-2H3,(H,14,17). The fourth-order valence-corrected chi connectivity index (χ4v) is 2.05. The molecule has 1 aliphatic heterocycles. The van der Waals surface area contributed by atoms with Crippen LogP contribution in [0.1, 0.15) is 33.1 Å². The molecule has 2 amide bonds. The van der Waals surface area contributed by atoms with E-state index in [1.807, 2.05) is 13.8 Å². The summed E-state index contributed by atoms with van der Waals surface area (Å²) in [5, 5.41) is 2.79. The molecular weight excluding hydrogens is 218 g/mol. The van der Waals surface area contributed by atoms with E-state index in [9.17, 15) is 9.59 Å². The number of hydrogen-bond donors (Lipinski definition) is 2. The Morgan fingerprint density at radius 2 is 2.35 bits per heavy atom. The average Bonchev–Trinajstić information content (AvgIpc) is 2.35. The minimum atomic E-state index is -0.288. The number of carbonyl (C=O) groups excluding carboxylic acids is 2. The monoisotopic (exact) mass is 241 g/mol. The molecule has 1 aliphatic rings. The van der Waals surface area contributed by atoms with Crippen molar-refractivity contribution < 1.29 is 9.59 Å². The number of hydrogen-bond acceptors (Lipinski definition) is 3. The van der Waals surface area contributed by atoms with Crippen molar-refractivity contribution in [2.75, 3.05) is 19.6 Å². The lowest BCUT2D eigenvalue weighted by atomic mass is 10.0. The van der Waals surface area contributed by atoms with E-state index in [-0.39, 0.29) is 17.9 Å². The van der Waals surface area contributed by atoms with E-state index < -0.39 is 0 Å². The summed E-state index contributed by atoms with van der Waals surface area (Å²) in [6.07, 6.45) is 1.95. The van der Waals surface area contributed by atoms with Crippen LogP contribution in [0.5, 0.6) is 0 Å². The van der Waals surface area contributed by atoms with Crippen LogP contribution in [0.4, 0.5) is 0 Å². The number of amides is 2. The van der Waals surface area contributed by atoms with Crippen LogP contribution in [-0.4, -0.2) is 42.4 Å². The summed E-state index contributed by atoms with van der Waals surface area (Å²) in [7, 11) is 0. The first-order chi connectivity index (χ1) is 8.10. The Hall–Kier alpha value is -1.10. The summed E-state index contributed by atoms with van der Waals surface area (Å²) < 4.78 is 0. The Kier molecular flexibility index (Phi) is 5.41. The van der Waals surface area contributed by atoms with E-state index in [1.54, 1.807) is 4.90 Å². The van der Waals surface area contributed by atoms with Crippen molar-refractivity contribution >= 4 is 11.8 Å². The molecule has 0 aromatic heterocycles. The van der Waals surface area contributed by atoms with Gasteiger partial charge in [0.05, 0.1) is 0 Å². The van der Waals surface area contributed by atoms with Gasteiger partial charge in [-0.15, -0.1) is 0 Å². The number of carbonyl (C=O) groups is 2. The maximum absolute atomic E-state index is 12.0. The topological polar surface area (TPSA) is 75.4 Å². The number of rotatable bonds is 5. The molecule has 1 saturated heterocycles. The van der Waals surface area contributed by atoms with Crippen LogP contribution in [0.3, 0.4) is 0 Å². The number of nitrogens with two attached hydrogens (primary N) is 1. The fourth-order valence-electron chi connectivity index (χ4n) is 2.05. The zero-order chi connectivity index (χ0) is 12.8. The van der Waals surface area contributed by atoms with Crippen molar-refractivity contribution in [3.63, 3.8) is 0 Å². The van der Waals surface area contributed by atoms with Gasteiger partial charge in [-0.3, -0.25) is 9.59 Å². The molecule has 5 heteroatoms. The van der Waals surface area contributed by atoms with Crippen LogP contribution in [0.15, 0.2) is 0 Å². The Morgan fingerprint density at radius 3 is 2.94 bits per heavy atom. The minimum absolute atomic E-state index is 0.0287. The molecule has 0 aromatic rings. The SMILES string of the molecule is CCC1C(=O)NCCN1C(=O)CCC(C)CN. The second-order valence-corrected chi connectivity index (χ2v) is 4.68. The summed E-state index contributed by atoms with van der Waals surface area (Å²) in [6, 6.07) is -0.288. The molecule has 1 fully saturated rings. The number of nitrogens with zero attached hydrogens (tertiary/aromatic N) is 1. The molecule has 0 spiro atoms. The molecule has 0 bridgehead atoms. The smallest absolute Gasteiger partial charge is 0.242 e. The highest BCUT2D eigenvalue weighted by Crippen LogP contribution is 2.13. The molecule has 2 unspecified atom stereocenters. The molecule has 0 aromatic carbocycles. The third-order valence-electron chi connectivity index (χ3n) is 3.29. The van der Waals surface area contributed by atoms with Crippen molar-refractivity contribution in [2.45, 2.75) is 39.2 Å². The van der Waals surface area contributed by atoms with Crippen molar-refractivity contribution in [1.82, 2.24) is 10.2 Å². The summed E-state index contributed by atoms with van der Waals surface area (Å²) in [5.74, 6) is 0.406. The molecule has 0 radical (unpaired) electrons. The van der Waals surface area contributed by atoms with E-state index in [1.165, 1.54) is 0 Å². The predicted octanol–water partition coefficient (Wildman–Crippen LogP) is 0.0984. The molecule has 1 rings (SSSR count). The summed E-state index contributed by atoms with van der Waals surface area (Å²) in [5.41, 5.74) is 5.52. The Labute approximate surface area is 103 Å². The first-order valence-corrected chi connectivity index (χ1v) is 6.37. The highest BCUT2D eigenvalue weighted by atomic mass is 16.2. The van der Waals surface area contributed by atoms with Gasteiger partial charge in [0.1, 0.15) is 6.04 Å². The molecule has 3 N–H and O–H groups in total. The molecule has 98 valence electrons. The molecule has 0 saturated carbocycles. The van der Waals surface area contributed by atoms with Crippen LogP contribution in [-0.2, 0) is 9.59 Å². The Morgan fingerprint density at radius 1 is 1.65 bits per heavy atom. The van der Waals surface area contributed by atoms with Gasteiger partial charge >= 0.3 is 0 Å². The van der Waals surface area contributed by atoms with E-state index >= 15 is 0 Å². The summed E-state index contributed by atoms with van der Waals surface area (Å²) in [4.78, 5) is 25.4. The van der Waals surface area contributed by atoms with Crippen molar-refractivity contribution in [1.29, 1.82) is 0 Å². The van der Waals surface area contributed by atoms with Crippen molar-refractivity contribution in [3.05, 3.63) is 0 Å². The minimum Gasteiger partial charge on any atom is -0.353 e. The predicted molar refractivity (Wildman–Crippen MR) is 66.3 cm³/mol. The van der Waals surface area contributed by atoms with Crippen LogP contribution in [0.25, 0.3) is 0 Å². The molecule has 5 nitrogen and oxygen atoms in total. The van der Waals surface area contributed by atoms with E-state index in [0.717, 1.165) is 6.42 Å². The average molecular weight is 241 g/mol. The molecule has 1 heterocycles. The van der Waals surface area contributed by atoms with Crippen LogP contribution in [0.2, 0.25) is 0 Å². The van der Waals surface area contributed by atoms with Gasteiger partial charge in [-0.05, 0) is 25.3 Å². The first-order valence-electron chi connectivity index (χ1n) is 6.37. The van der Waals surface area contributed by atoms with Crippen LogP contribution < -0.4 is 11.1 Å². The Bertz CT molecular complexity index is 281. The molecule has 2 atom stereocenters. The lowest BCUT2D eigenvalue weighted by Gasteiger charge is -2.34. The summed E-state index contributed by atoms with van der Waals surface area (Å²) in [6.45, 7) is 5.75. The van der Waals surface area contributed by atoms with Gasteiger partial charge in [0.15, 0.2) is 0 Å². The second kappa shape index (κ2) is 6.59. The third-order valence-corrected chi connectivity index (χ3v) is 3.29. The van der Waals surface area contributed by atoms with Gasteiger partial charge in [-0.25, -0.2) is 0 Å². The van der Waals surface area contributed by atoms with E-state index in [2.05, 4.69) is 5.32 Å². The van der Waals surface area contributed by atoms with Gasteiger partial charge in [-0.2, -0.15) is 0 Å². The maximum atomic E-state index is 12.0. The van der Waals surface area contributed by atoms with Crippen molar-refractivity contribution in [2.24, 2.45) is 11.7 Å². The van der Waals surface area contributed by atoms with Crippen LogP contribution in [0, 0.1) is 5.92 Å². The largest absolute Gasteiger partial charge is 0.353 e. The van der Waals surface area contributed by atoms with Crippen LogP contribution >= 0.6 is 0 Å². The molecular formula is C12H23N3O2. The molecule has 0 aliphatic carbocycles. The fraction of sp³-hybridized carbons (Fsp3) is 0.833. The maximum Gasteiger partial charge on any atom is 0.242 e. The summed E-state index contributed by atoms with van der Waals surface area (Å²) >= 11 is 0. The third kappa shape index (κ3) is 3.70. The number of nitrogens with one attached hydrogen (secondary N) is 1. The van der Waals surface area contributed by atoms with Gasteiger partial charge < -0.3 is 16.0 Å². The zero-order valence-electron chi connectivity index (χ0n) is 10.7. The van der Waals surface area contributed by atoms with Gasteiger partial charge in [0.2, 0.25) is 11.8 Å². The quantitative estimate of drug-likeness (QED) is 0.716. The van der Waals surface area contributed by atoms with Gasteiger partial charge in [-0.1, -0.05) is 13.8 Å². The van der Waals surface area contributed by atoms with Gasteiger partial charge in [0, 0.05) is 19.5 Å².